The number of nitrogens with one attached hydrogen (secondary N) is 1. The van der Waals surface area contributed by atoms with Gasteiger partial charge < -0.3 is 4.98 Å². The van der Waals surface area contributed by atoms with Crippen LogP contribution in [0.5, 0.6) is 0 Å². The van der Waals surface area contributed by atoms with Crippen molar-refractivity contribution < 1.29 is 0 Å². The van der Waals surface area contributed by atoms with Gasteiger partial charge in [-0.25, -0.2) is 4.98 Å². The average molecular weight is 469 g/mol. The van der Waals surface area contributed by atoms with Gasteiger partial charge in [0.2, 0.25) is 0 Å². The van der Waals surface area contributed by atoms with Crippen molar-refractivity contribution in [1.29, 1.82) is 0 Å². The molecular formula is C31H40N2Si. The third-order valence-electron chi connectivity index (χ3n) is 7.87. The van der Waals surface area contributed by atoms with Gasteiger partial charge in [-0.1, -0.05) is 116 Å². The number of imidazole rings is 1. The highest BCUT2D eigenvalue weighted by Crippen LogP contribution is 2.44. The molecule has 178 valence electrons. The second-order valence-electron chi connectivity index (χ2n) is 11.9. The van der Waals surface area contributed by atoms with E-state index in [0.29, 0.717) is 11.8 Å². The van der Waals surface area contributed by atoms with Gasteiger partial charge >= 0.3 is 0 Å². The lowest BCUT2D eigenvalue weighted by Gasteiger charge is -2.39. The van der Waals surface area contributed by atoms with Gasteiger partial charge in [0.1, 0.15) is 5.82 Å². The van der Waals surface area contributed by atoms with Crippen molar-refractivity contribution in [2.45, 2.75) is 78.1 Å². The van der Waals surface area contributed by atoms with E-state index in [4.69, 9.17) is 4.98 Å². The van der Waals surface area contributed by atoms with Crippen LogP contribution in [0.15, 0.2) is 60.7 Å². The van der Waals surface area contributed by atoms with Crippen molar-refractivity contribution in [3.63, 3.8) is 0 Å². The molecule has 0 aliphatic carbocycles. The molecule has 0 atom stereocenters. The molecule has 3 heteroatoms. The summed E-state index contributed by atoms with van der Waals surface area (Å²) in [5.41, 5.74) is 10.2. The Hall–Kier alpha value is -2.65. The second kappa shape index (κ2) is 8.85. The number of fused-ring (bicyclic) bond motifs is 1. The highest BCUT2D eigenvalue weighted by Gasteiger charge is 2.37. The van der Waals surface area contributed by atoms with Crippen LogP contribution in [-0.2, 0) is 5.04 Å². The van der Waals surface area contributed by atoms with Crippen LogP contribution >= 0.6 is 0 Å². The molecule has 0 spiro atoms. The number of aromatic amines is 1. The standard InChI is InChI=1S/C31H40N2Si/c1-20(2)25-18-23(31(5,6)34(7,8)9)19-26(21(3)4)28(25)24-16-13-17-27-29(24)33-30(32-27)22-14-11-10-12-15-22/h10-21H,1-9H3,(H,32,33). The fraction of sp³-hybridized carbons (Fsp3) is 0.387. The Morgan fingerprint density at radius 1 is 0.794 bits per heavy atom. The van der Waals surface area contributed by atoms with Crippen molar-refractivity contribution in [3.05, 3.63) is 77.4 Å². The van der Waals surface area contributed by atoms with Crippen molar-refractivity contribution in [2.24, 2.45) is 0 Å². The molecule has 1 aromatic heterocycles. The third kappa shape index (κ3) is 4.27. The fourth-order valence-corrected chi connectivity index (χ4v) is 5.68. The molecule has 4 aromatic rings. The Kier molecular flexibility index (Phi) is 6.37. The highest BCUT2D eigenvalue weighted by atomic mass is 28.3. The molecule has 0 radical (unpaired) electrons. The summed E-state index contributed by atoms with van der Waals surface area (Å²) < 4.78 is 0. The Balaban J connectivity index is 2.02. The zero-order chi connectivity index (χ0) is 24.8. The van der Waals surface area contributed by atoms with Crippen molar-refractivity contribution in [1.82, 2.24) is 9.97 Å². The lowest BCUT2D eigenvalue weighted by atomic mass is 9.81. The Labute approximate surface area is 206 Å². The molecule has 0 aliphatic heterocycles. The normalized spacial score (nSPS) is 12.8. The number of rotatable bonds is 6. The van der Waals surface area contributed by atoms with E-state index < -0.39 is 8.07 Å². The molecule has 1 N–H and O–H groups in total. The summed E-state index contributed by atoms with van der Waals surface area (Å²) >= 11 is 0. The van der Waals surface area contributed by atoms with Crippen molar-refractivity contribution >= 4 is 19.1 Å². The maximum absolute atomic E-state index is 5.12. The zero-order valence-corrected chi connectivity index (χ0v) is 23.4. The maximum Gasteiger partial charge on any atom is 0.138 e. The van der Waals surface area contributed by atoms with Gasteiger partial charge in [0.25, 0.3) is 0 Å². The first-order valence-corrected chi connectivity index (χ1v) is 16.1. The van der Waals surface area contributed by atoms with Gasteiger partial charge in [-0.05, 0) is 45.2 Å². The third-order valence-corrected chi connectivity index (χ3v) is 11.9. The number of hydrogen-bond acceptors (Lipinski definition) is 1. The first kappa shape index (κ1) is 24.5. The fourth-order valence-electron chi connectivity index (χ4n) is 4.67. The van der Waals surface area contributed by atoms with Gasteiger partial charge in [-0.2, -0.15) is 0 Å². The molecule has 0 bridgehead atoms. The molecule has 1 heterocycles. The van der Waals surface area contributed by atoms with Gasteiger partial charge in [0, 0.05) is 11.1 Å². The summed E-state index contributed by atoms with van der Waals surface area (Å²) in [6.45, 7) is 21.7. The van der Waals surface area contributed by atoms with E-state index in [0.717, 1.165) is 22.4 Å². The topological polar surface area (TPSA) is 28.7 Å². The van der Waals surface area contributed by atoms with Crippen LogP contribution in [-0.4, -0.2) is 18.0 Å². The number of para-hydroxylation sites is 1. The number of H-pyrrole nitrogens is 1. The van der Waals surface area contributed by atoms with Gasteiger partial charge in [-0.15, -0.1) is 0 Å². The summed E-state index contributed by atoms with van der Waals surface area (Å²) in [6, 6.07) is 22.0. The molecule has 0 saturated carbocycles. The first-order chi connectivity index (χ1) is 15.9. The lowest BCUT2D eigenvalue weighted by Crippen LogP contribution is -2.44. The largest absolute Gasteiger partial charge is 0.338 e. The van der Waals surface area contributed by atoms with E-state index in [1.165, 1.54) is 27.8 Å². The van der Waals surface area contributed by atoms with Crippen LogP contribution in [0.3, 0.4) is 0 Å². The SMILES string of the molecule is CC(C)c1cc(C(C)(C)[Si](C)(C)C)cc(C(C)C)c1-c1cccc2[nH]c(-c3ccccc3)nc12. The minimum Gasteiger partial charge on any atom is -0.338 e. The zero-order valence-electron chi connectivity index (χ0n) is 22.4. The molecule has 2 nitrogen and oxygen atoms in total. The van der Waals surface area contributed by atoms with Crippen LogP contribution in [0.25, 0.3) is 33.5 Å². The van der Waals surface area contributed by atoms with E-state index in [-0.39, 0.29) is 5.04 Å². The molecular weight excluding hydrogens is 428 g/mol. The van der Waals surface area contributed by atoms with Crippen LogP contribution in [0, 0.1) is 0 Å². The van der Waals surface area contributed by atoms with Crippen LogP contribution in [0.4, 0.5) is 0 Å². The molecule has 0 fully saturated rings. The summed E-state index contributed by atoms with van der Waals surface area (Å²) in [6.07, 6.45) is 0. The Bertz CT molecular complexity index is 1280. The Morgan fingerprint density at radius 2 is 1.38 bits per heavy atom. The van der Waals surface area contributed by atoms with E-state index in [9.17, 15) is 0 Å². The average Bonchev–Trinajstić information content (AvgIpc) is 3.22. The number of benzene rings is 3. The van der Waals surface area contributed by atoms with Crippen molar-refractivity contribution in [3.8, 4) is 22.5 Å². The van der Waals surface area contributed by atoms with Crippen LogP contribution in [0.2, 0.25) is 19.6 Å². The molecule has 4 rings (SSSR count). The first-order valence-electron chi connectivity index (χ1n) is 12.6. The smallest absolute Gasteiger partial charge is 0.138 e. The number of nitrogens with zero attached hydrogens (tertiary/aromatic N) is 1. The van der Waals surface area contributed by atoms with Crippen LogP contribution < -0.4 is 0 Å². The molecule has 3 aromatic carbocycles. The van der Waals surface area contributed by atoms with E-state index in [2.05, 4.69) is 121 Å². The van der Waals surface area contributed by atoms with Gasteiger partial charge in [0.05, 0.1) is 19.1 Å². The summed E-state index contributed by atoms with van der Waals surface area (Å²) in [4.78, 5) is 8.69. The Morgan fingerprint density at radius 3 is 1.91 bits per heavy atom. The predicted octanol–water partition coefficient (Wildman–Crippen LogP) is 9.30. The molecule has 0 saturated heterocycles. The van der Waals surface area contributed by atoms with Crippen LogP contribution in [0.1, 0.15) is 70.1 Å². The minimum atomic E-state index is -1.43. The predicted molar refractivity (Wildman–Crippen MR) is 152 cm³/mol. The lowest BCUT2D eigenvalue weighted by molar-refractivity contribution is 0.710. The number of hydrogen-bond donors (Lipinski definition) is 1. The van der Waals surface area contributed by atoms with Gasteiger partial charge in [-0.3, -0.25) is 0 Å². The molecule has 0 unspecified atom stereocenters. The quantitative estimate of drug-likeness (QED) is 0.281. The summed E-state index contributed by atoms with van der Waals surface area (Å²) in [5, 5.41) is 0.192. The summed E-state index contributed by atoms with van der Waals surface area (Å²) in [5.74, 6) is 1.78. The van der Waals surface area contributed by atoms with E-state index in [1.807, 2.05) is 6.07 Å². The monoisotopic (exact) mass is 468 g/mol. The molecule has 0 amide bonds. The van der Waals surface area contributed by atoms with E-state index >= 15 is 0 Å². The van der Waals surface area contributed by atoms with E-state index in [1.54, 1.807) is 0 Å². The highest BCUT2D eigenvalue weighted by molar-refractivity contribution is 6.78. The summed E-state index contributed by atoms with van der Waals surface area (Å²) in [7, 11) is -1.43. The second-order valence-corrected chi connectivity index (χ2v) is 17.6. The molecule has 34 heavy (non-hydrogen) atoms. The number of aromatic nitrogens is 2. The maximum atomic E-state index is 5.12. The molecule has 0 aliphatic rings. The van der Waals surface area contributed by atoms with Gasteiger partial charge in [0.15, 0.2) is 0 Å². The van der Waals surface area contributed by atoms with Crippen molar-refractivity contribution in [2.75, 3.05) is 0 Å². The minimum absolute atomic E-state index is 0.192.